The minimum Gasteiger partial charge on any atom is -0.459 e. The van der Waals surface area contributed by atoms with Gasteiger partial charge in [0, 0.05) is 29.5 Å². The van der Waals surface area contributed by atoms with Crippen molar-refractivity contribution >= 4 is 17.6 Å². The zero-order valence-electron chi connectivity index (χ0n) is 18.2. The summed E-state index contributed by atoms with van der Waals surface area (Å²) in [5.74, 6) is -1.22. The third-order valence-corrected chi connectivity index (χ3v) is 6.18. The van der Waals surface area contributed by atoms with E-state index < -0.39 is 29.7 Å². The molecule has 0 radical (unpaired) electrons. The maximum Gasteiger partial charge on any atom is 0.416 e. The Morgan fingerprint density at radius 3 is 2.59 bits per heavy atom. The van der Waals surface area contributed by atoms with Crippen molar-refractivity contribution in [3.63, 3.8) is 0 Å². The Morgan fingerprint density at radius 1 is 1.28 bits per heavy atom. The fourth-order valence-corrected chi connectivity index (χ4v) is 4.14. The van der Waals surface area contributed by atoms with Gasteiger partial charge in [-0.1, -0.05) is 18.2 Å². The van der Waals surface area contributed by atoms with Gasteiger partial charge in [0.25, 0.3) is 5.91 Å². The number of nitrogens with zero attached hydrogens (tertiary/aromatic N) is 1. The lowest BCUT2D eigenvalue weighted by atomic mass is 9.64. The number of halogens is 3. The Labute approximate surface area is 184 Å². The normalized spacial score (nSPS) is 23.6. The Balaban J connectivity index is 2.00. The number of benzene rings is 1. The predicted molar refractivity (Wildman–Crippen MR) is 112 cm³/mol. The molecule has 174 valence electrons. The molecule has 0 saturated heterocycles. The summed E-state index contributed by atoms with van der Waals surface area (Å²) in [7, 11) is 1.45. The van der Waals surface area contributed by atoms with E-state index in [-0.39, 0.29) is 28.5 Å². The van der Waals surface area contributed by atoms with Crippen molar-refractivity contribution in [3.8, 4) is 0 Å². The molecule has 1 N–H and O–H groups in total. The van der Waals surface area contributed by atoms with Crippen LogP contribution in [0.1, 0.15) is 60.5 Å². The van der Waals surface area contributed by atoms with E-state index in [1.54, 1.807) is 6.92 Å². The maximum absolute atomic E-state index is 13.3. The largest absolute Gasteiger partial charge is 0.459 e. The molecule has 1 heterocycles. The highest BCUT2D eigenvalue weighted by Crippen LogP contribution is 2.43. The third kappa shape index (κ3) is 5.14. The second-order valence-electron chi connectivity index (χ2n) is 8.44. The van der Waals surface area contributed by atoms with Crippen LogP contribution in [0.3, 0.4) is 0 Å². The summed E-state index contributed by atoms with van der Waals surface area (Å²) in [6, 6.07) is 2.89. The van der Waals surface area contributed by atoms with E-state index in [1.807, 2.05) is 0 Å². The lowest BCUT2D eigenvalue weighted by Crippen LogP contribution is -2.48. The Morgan fingerprint density at radius 2 is 2.00 bits per heavy atom. The second-order valence-corrected chi connectivity index (χ2v) is 8.44. The van der Waals surface area contributed by atoms with Crippen LogP contribution >= 0.6 is 0 Å². The van der Waals surface area contributed by atoms with Crippen LogP contribution in [-0.2, 0) is 27.0 Å². The van der Waals surface area contributed by atoms with Crippen LogP contribution in [0.5, 0.6) is 0 Å². The third-order valence-electron chi connectivity index (χ3n) is 6.18. The van der Waals surface area contributed by atoms with E-state index in [4.69, 9.17) is 9.57 Å². The number of carbonyl (C=O) groups excluding carboxylic acids is 2. The van der Waals surface area contributed by atoms with Crippen molar-refractivity contribution in [3.05, 3.63) is 47.0 Å². The molecule has 0 aromatic heterocycles. The maximum atomic E-state index is 13.3. The fraction of sp³-hybridized carbons (Fsp3) is 0.522. The van der Waals surface area contributed by atoms with Crippen LogP contribution in [-0.4, -0.2) is 37.3 Å². The molecule has 1 aliphatic carbocycles. The first-order valence-electron chi connectivity index (χ1n) is 10.5. The average molecular weight is 452 g/mol. The number of oxime groups is 1. The molecule has 1 atom stereocenters. The van der Waals surface area contributed by atoms with Gasteiger partial charge in [0.05, 0.1) is 17.4 Å². The van der Waals surface area contributed by atoms with Gasteiger partial charge < -0.3 is 14.9 Å². The van der Waals surface area contributed by atoms with Crippen molar-refractivity contribution < 1.29 is 32.3 Å². The summed E-state index contributed by atoms with van der Waals surface area (Å²) in [6.45, 7) is 5.71. The summed E-state index contributed by atoms with van der Waals surface area (Å²) in [4.78, 5) is 30.5. The van der Waals surface area contributed by atoms with E-state index >= 15 is 0 Å². The minimum atomic E-state index is -4.58. The highest BCUT2D eigenvalue weighted by molar-refractivity contribution is 5.98. The van der Waals surface area contributed by atoms with Crippen LogP contribution in [0.15, 0.2) is 35.5 Å². The van der Waals surface area contributed by atoms with Gasteiger partial charge in [0.15, 0.2) is 0 Å². The molecule has 1 fully saturated rings. The standard InChI is InChI=1S/C23H27F3N2O4/c1-14-11-16-12-17(23(24,25)26)6-7-18(16)20(29)27-13-22(9-4-10-22)19(28-31-3)8-5-15(2)32-21(14)30/h6-7,12,15H,1,4-5,8-11,13H2,2-3H3,(H,27,29)/b28-19+/t15-/m0/s1. The average Bonchev–Trinajstić information content (AvgIpc) is 2.69. The van der Waals surface area contributed by atoms with Crippen molar-refractivity contribution in [2.75, 3.05) is 13.7 Å². The number of esters is 1. The quantitative estimate of drug-likeness (QED) is 0.389. The molecule has 0 bridgehead atoms. The lowest BCUT2D eigenvalue weighted by Gasteiger charge is -2.42. The molecular formula is C23H27F3N2O4. The topological polar surface area (TPSA) is 77.0 Å². The van der Waals surface area contributed by atoms with Gasteiger partial charge >= 0.3 is 12.1 Å². The number of amides is 1. The number of rotatable bonds is 1. The lowest BCUT2D eigenvalue weighted by molar-refractivity contribution is -0.143. The van der Waals surface area contributed by atoms with Crippen LogP contribution in [0.4, 0.5) is 13.2 Å². The molecule has 0 unspecified atom stereocenters. The monoisotopic (exact) mass is 452 g/mol. The van der Waals surface area contributed by atoms with E-state index in [2.05, 4.69) is 17.1 Å². The Kier molecular flexibility index (Phi) is 6.95. The molecule has 1 aromatic carbocycles. The van der Waals surface area contributed by atoms with Crippen molar-refractivity contribution in [2.45, 2.75) is 57.7 Å². The van der Waals surface area contributed by atoms with E-state index in [9.17, 15) is 22.8 Å². The fourth-order valence-electron chi connectivity index (χ4n) is 4.14. The predicted octanol–water partition coefficient (Wildman–Crippen LogP) is 4.43. The van der Waals surface area contributed by atoms with Gasteiger partial charge in [-0.05, 0) is 56.4 Å². The molecule has 1 amide bonds. The summed E-state index contributed by atoms with van der Waals surface area (Å²) in [5.41, 5.74) is -0.393. The molecule has 1 aliphatic heterocycles. The highest BCUT2D eigenvalue weighted by Gasteiger charge is 2.43. The van der Waals surface area contributed by atoms with Crippen LogP contribution in [0.25, 0.3) is 0 Å². The minimum absolute atomic E-state index is 0.0245. The van der Waals surface area contributed by atoms with Gasteiger partial charge in [-0.2, -0.15) is 13.2 Å². The zero-order valence-corrected chi connectivity index (χ0v) is 18.2. The first kappa shape index (κ1) is 23.8. The van der Waals surface area contributed by atoms with Gasteiger partial charge in [0.2, 0.25) is 0 Å². The first-order chi connectivity index (χ1) is 15.1. The molecule has 32 heavy (non-hydrogen) atoms. The first-order valence-corrected chi connectivity index (χ1v) is 10.5. The van der Waals surface area contributed by atoms with Gasteiger partial charge in [-0.25, -0.2) is 4.79 Å². The zero-order chi connectivity index (χ0) is 23.5. The number of hydrogen-bond donors (Lipinski definition) is 1. The summed E-state index contributed by atoms with van der Waals surface area (Å²) >= 11 is 0. The van der Waals surface area contributed by atoms with Gasteiger partial charge in [-0.3, -0.25) is 4.79 Å². The van der Waals surface area contributed by atoms with E-state index in [0.29, 0.717) is 19.4 Å². The number of nitrogens with one attached hydrogen (secondary N) is 1. The molecule has 1 saturated carbocycles. The highest BCUT2D eigenvalue weighted by atomic mass is 19.4. The number of fused-ring (bicyclic) bond motifs is 1. The number of ether oxygens (including phenoxy) is 1. The molecular weight excluding hydrogens is 425 g/mol. The summed E-state index contributed by atoms with van der Waals surface area (Å²) in [5, 5.41) is 7.05. The molecule has 9 heteroatoms. The van der Waals surface area contributed by atoms with Crippen molar-refractivity contribution in [1.82, 2.24) is 5.32 Å². The van der Waals surface area contributed by atoms with Crippen LogP contribution in [0.2, 0.25) is 0 Å². The van der Waals surface area contributed by atoms with Crippen molar-refractivity contribution in [2.24, 2.45) is 10.6 Å². The van der Waals surface area contributed by atoms with E-state index in [1.165, 1.54) is 7.11 Å². The Hall–Kier alpha value is -2.84. The van der Waals surface area contributed by atoms with Gasteiger partial charge in [0.1, 0.15) is 7.11 Å². The number of hydrogen-bond acceptors (Lipinski definition) is 5. The summed E-state index contributed by atoms with van der Waals surface area (Å²) < 4.78 is 45.2. The summed E-state index contributed by atoms with van der Waals surface area (Å²) in [6.07, 6.45) is -1.66. The molecule has 6 nitrogen and oxygen atoms in total. The Bertz CT molecular complexity index is 936. The van der Waals surface area contributed by atoms with Crippen LogP contribution in [0, 0.1) is 5.41 Å². The van der Waals surface area contributed by atoms with Crippen LogP contribution < -0.4 is 5.32 Å². The second kappa shape index (κ2) is 9.34. The number of alkyl halides is 3. The smallest absolute Gasteiger partial charge is 0.416 e. The number of cyclic esters (lactones) is 1. The SMILES string of the molecule is C=C1Cc2cc(C(F)(F)F)ccc2C(=O)NCC2(CCC2)/C(=N/OC)CC[C@H](C)OC1=O. The van der Waals surface area contributed by atoms with Crippen molar-refractivity contribution in [1.29, 1.82) is 0 Å². The molecule has 1 spiro atoms. The number of carbonyl (C=O) groups is 2. The molecule has 3 rings (SSSR count). The molecule has 1 aromatic rings. The molecule has 2 aliphatic rings. The van der Waals surface area contributed by atoms with Gasteiger partial charge in [-0.15, -0.1) is 0 Å². The van der Waals surface area contributed by atoms with E-state index in [0.717, 1.165) is 43.2 Å².